The van der Waals surface area contributed by atoms with Crippen LogP contribution in [0.4, 0.5) is 0 Å². The third kappa shape index (κ3) is 6.71. The quantitative estimate of drug-likeness (QED) is 0.449. The Morgan fingerprint density at radius 2 is 2.09 bits per heavy atom. The molecule has 1 aliphatic rings. The third-order valence-corrected chi connectivity index (χ3v) is 4.44. The lowest BCUT2D eigenvalue weighted by Gasteiger charge is -2.19. The molecule has 0 aromatic rings. The van der Waals surface area contributed by atoms with Crippen molar-refractivity contribution in [3.63, 3.8) is 0 Å². The molecule has 3 N–H and O–H groups in total. The van der Waals surface area contributed by atoms with E-state index in [9.17, 15) is 15.0 Å². The molecular formula is C19H30O4. The summed E-state index contributed by atoms with van der Waals surface area (Å²) in [5.74, 6) is -0.448. The van der Waals surface area contributed by atoms with Crippen molar-refractivity contribution in [3.05, 3.63) is 36.5 Å². The van der Waals surface area contributed by atoms with Gasteiger partial charge < -0.3 is 15.3 Å². The van der Waals surface area contributed by atoms with Gasteiger partial charge in [0.05, 0.1) is 12.2 Å². The number of unbranched alkanes of at least 4 members (excludes halogenated alkanes) is 1. The number of rotatable bonds is 9. The van der Waals surface area contributed by atoms with Gasteiger partial charge in [-0.25, -0.2) is 0 Å². The van der Waals surface area contributed by atoms with Gasteiger partial charge in [-0.05, 0) is 37.5 Å². The van der Waals surface area contributed by atoms with Gasteiger partial charge >= 0.3 is 5.97 Å². The average Bonchev–Trinajstić information content (AvgIpc) is 2.73. The molecule has 1 aliphatic carbocycles. The average molecular weight is 322 g/mol. The molecule has 0 amide bonds. The number of aliphatic hydroxyl groups excluding tert-OH is 2. The van der Waals surface area contributed by atoms with Crippen LogP contribution in [0.5, 0.6) is 0 Å². The molecule has 0 aromatic heterocycles. The van der Waals surface area contributed by atoms with Crippen LogP contribution in [0.25, 0.3) is 0 Å². The highest BCUT2D eigenvalue weighted by atomic mass is 16.4. The van der Waals surface area contributed by atoms with Crippen LogP contribution in [0, 0.1) is 17.8 Å². The van der Waals surface area contributed by atoms with Crippen LogP contribution >= 0.6 is 0 Å². The van der Waals surface area contributed by atoms with Crippen LogP contribution in [0.3, 0.4) is 0 Å². The lowest BCUT2D eigenvalue weighted by atomic mass is 9.88. The first-order chi connectivity index (χ1) is 10.8. The summed E-state index contributed by atoms with van der Waals surface area (Å²) in [5.41, 5.74) is 1.04. The normalized spacial score (nSPS) is 26.7. The van der Waals surface area contributed by atoms with Crippen LogP contribution in [0.15, 0.2) is 36.5 Å². The molecule has 0 aromatic carbocycles. The number of aliphatic hydroxyl groups is 2. The number of hydrogen-bond donors (Lipinski definition) is 3. The minimum Gasteiger partial charge on any atom is -0.481 e. The first-order valence-corrected chi connectivity index (χ1v) is 8.41. The van der Waals surface area contributed by atoms with Gasteiger partial charge in [0.15, 0.2) is 0 Å². The topological polar surface area (TPSA) is 77.8 Å². The Labute approximate surface area is 139 Å². The van der Waals surface area contributed by atoms with E-state index in [1.807, 2.05) is 26.0 Å². The number of hydrogen-bond acceptors (Lipinski definition) is 3. The van der Waals surface area contributed by atoms with Crippen molar-refractivity contribution in [1.29, 1.82) is 0 Å². The maximum absolute atomic E-state index is 10.4. The van der Waals surface area contributed by atoms with Gasteiger partial charge in [0.2, 0.25) is 0 Å². The van der Waals surface area contributed by atoms with E-state index in [0.717, 1.165) is 18.4 Å². The van der Waals surface area contributed by atoms with E-state index in [1.54, 1.807) is 6.08 Å². The zero-order valence-corrected chi connectivity index (χ0v) is 14.2. The standard InChI is InChI=1S/C19H30O4/c1-13(2)17(20)11-10-16-15(14(3)12-18(16)21)8-6-4-5-7-9-19(22)23/h4,6,10-11,13,15-18,20-21H,3,5,7-9,12H2,1-2H3,(H,22,23)/b6-4-,11-10+/t15-,16+,17?,18+/m0/s1. The van der Waals surface area contributed by atoms with Crippen molar-refractivity contribution < 1.29 is 20.1 Å². The lowest BCUT2D eigenvalue weighted by molar-refractivity contribution is -0.137. The first kappa shape index (κ1) is 19.7. The molecule has 1 fully saturated rings. The van der Waals surface area contributed by atoms with Gasteiger partial charge in [-0.1, -0.05) is 50.3 Å². The highest BCUT2D eigenvalue weighted by Crippen LogP contribution is 2.39. The second-order valence-electron chi connectivity index (χ2n) is 6.73. The van der Waals surface area contributed by atoms with Crippen molar-refractivity contribution in [3.8, 4) is 0 Å². The second-order valence-corrected chi connectivity index (χ2v) is 6.73. The Bertz CT molecular complexity index is 450. The Balaban J connectivity index is 2.54. The number of carboxylic acids is 1. The molecule has 0 bridgehead atoms. The van der Waals surface area contributed by atoms with Gasteiger partial charge in [-0.3, -0.25) is 4.79 Å². The molecule has 0 spiro atoms. The zero-order valence-electron chi connectivity index (χ0n) is 14.2. The number of allylic oxidation sites excluding steroid dienone is 2. The minimum absolute atomic E-state index is 0.0143. The minimum atomic E-state index is -0.764. The third-order valence-electron chi connectivity index (χ3n) is 4.44. The molecule has 130 valence electrons. The highest BCUT2D eigenvalue weighted by Gasteiger charge is 2.35. The fourth-order valence-electron chi connectivity index (χ4n) is 2.88. The summed E-state index contributed by atoms with van der Waals surface area (Å²) >= 11 is 0. The van der Waals surface area contributed by atoms with Crippen molar-refractivity contribution in [2.24, 2.45) is 17.8 Å². The molecule has 0 aliphatic heterocycles. The molecule has 4 atom stereocenters. The lowest BCUT2D eigenvalue weighted by Crippen LogP contribution is -2.18. The monoisotopic (exact) mass is 322 g/mol. The van der Waals surface area contributed by atoms with E-state index < -0.39 is 18.2 Å². The van der Waals surface area contributed by atoms with E-state index in [2.05, 4.69) is 12.7 Å². The summed E-state index contributed by atoms with van der Waals surface area (Å²) in [5, 5.41) is 28.7. The van der Waals surface area contributed by atoms with E-state index in [0.29, 0.717) is 12.8 Å². The molecule has 23 heavy (non-hydrogen) atoms. The zero-order chi connectivity index (χ0) is 17.4. The van der Waals surface area contributed by atoms with Crippen LogP contribution in [-0.4, -0.2) is 33.5 Å². The molecule has 1 saturated carbocycles. The molecular weight excluding hydrogens is 292 g/mol. The number of aliphatic carboxylic acids is 1. The van der Waals surface area contributed by atoms with E-state index in [4.69, 9.17) is 5.11 Å². The van der Waals surface area contributed by atoms with Gasteiger partial charge in [0, 0.05) is 12.3 Å². The van der Waals surface area contributed by atoms with E-state index in [-0.39, 0.29) is 24.2 Å². The summed E-state index contributed by atoms with van der Waals surface area (Å²) in [6, 6.07) is 0. The second kappa shape index (κ2) is 9.68. The van der Waals surface area contributed by atoms with Crippen LogP contribution in [0.1, 0.15) is 46.0 Å². The summed E-state index contributed by atoms with van der Waals surface area (Å²) in [4.78, 5) is 10.4. The molecule has 4 heteroatoms. The Morgan fingerprint density at radius 1 is 1.39 bits per heavy atom. The van der Waals surface area contributed by atoms with Crippen LogP contribution in [0.2, 0.25) is 0 Å². The molecule has 0 saturated heterocycles. The number of carbonyl (C=O) groups is 1. The number of carboxylic acid groups (broad SMARTS) is 1. The van der Waals surface area contributed by atoms with Gasteiger partial charge in [-0.15, -0.1) is 0 Å². The molecule has 0 heterocycles. The van der Waals surface area contributed by atoms with Crippen LogP contribution < -0.4 is 0 Å². The van der Waals surface area contributed by atoms with E-state index in [1.165, 1.54) is 0 Å². The van der Waals surface area contributed by atoms with Crippen molar-refractivity contribution in [2.75, 3.05) is 0 Å². The Morgan fingerprint density at radius 3 is 2.70 bits per heavy atom. The Hall–Kier alpha value is -1.39. The van der Waals surface area contributed by atoms with Crippen molar-refractivity contribution in [2.45, 2.75) is 58.2 Å². The Kier molecular flexibility index (Phi) is 8.28. The fourth-order valence-corrected chi connectivity index (χ4v) is 2.88. The smallest absolute Gasteiger partial charge is 0.303 e. The predicted molar refractivity (Wildman–Crippen MR) is 92.0 cm³/mol. The summed E-state index contributed by atoms with van der Waals surface area (Å²) in [7, 11) is 0. The SMILES string of the molecule is C=C1C[C@@H](O)[C@H](/C=C/C(O)C(C)C)[C@H]1C/C=C\CCCC(=O)O. The molecule has 1 rings (SSSR count). The molecule has 1 unspecified atom stereocenters. The maximum atomic E-state index is 10.4. The largest absolute Gasteiger partial charge is 0.481 e. The first-order valence-electron chi connectivity index (χ1n) is 8.41. The van der Waals surface area contributed by atoms with Crippen LogP contribution in [-0.2, 0) is 4.79 Å². The fraction of sp³-hybridized carbons (Fsp3) is 0.632. The summed E-state index contributed by atoms with van der Waals surface area (Å²) < 4.78 is 0. The van der Waals surface area contributed by atoms with Gasteiger partial charge in [0.1, 0.15) is 0 Å². The van der Waals surface area contributed by atoms with Gasteiger partial charge in [-0.2, -0.15) is 0 Å². The highest BCUT2D eigenvalue weighted by molar-refractivity contribution is 5.66. The van der Waals surface area contributed by atoms with Crippen molar-refractivity contribution in [1.82, 2.24) is 0 Å². The maximum Gasteiger partial charge on any atom is 0.303 e. The molecule has 4 nitrogen and oxygen atoms in total. The van der Waals surface area contributed by atoms with Gasteiger partial charge in [0.25, 0.3) is 0 Å². The summed E-state index contributed by atoms with van der Waals surface area (Å²) in [6.45, 7) is 7.98. The summed E-state index contributed by atoms with van der Waals surface area (Å²) in [6.07, 6.45) is 9.80. The predicted octanol–water partition coefficient (Wildman–Crippen LogP) is 3.31. The van der Waals surface area contributed by atoms with Crippen molar-refractivity contribution >= 4 is 5.97 Å². The molecule has 0 radical (unpaired) electrons. The van der Waals surface area contributed by atoms with E-state index >= 15 is 0 Å².